The molecule has 0 saturated carbocycles. The van der Waals surface area contributed by atoms with Crippen molar-refractivity contribution >= 4 is 27.2 Å². The second kappa shape index (κ2) is 17.8. The predicted molar refractivity (Wildman–Crippen MR) is 277 cm³/mol. The summed E-state index contributed by atoms with van der Waals surface area (Å²) in [7, 11) is -7.42. The molecule has 0 amide bonds. The standard InChI is InChI=1S/C62H42F9NO3S/c1-57(2)52-24-14-12-22-47(52)49-35-34-46(36-54(49)57)72(44-30-26-40(27-31-44)39-16-6-3-7-17-39)45-32-28-41(29-33-45)50-37-51-48-23-13-15-25-53(48)58(42-18-8-4-9-19-42,43-20-10-5-11-21-43)55(51)38-56(50)75-76(73,74)62(70,71)60(65,66)59(63,64)61(67,68)69/h3-38H,1-2H3. The molecule has 0 saturated heterocycles. The van der Waals surface area contributed by atoms with Crippen molar-refractivity contribution in [3.05, 3.63) is 252 Å². The van der Waals surface area contributed by atoms with Gasteiger partial charge in [-0.05, 0) is 121 Å². The molecule has 0 bridgehead atoms. The van der Waals surface area contributed by atoms with Crippen LogP contribution in [0.4, 0.5) is 56.6 Å². The molecule has 0 aliphatic heterocycles. The summed E-state index contributed by atoms with van der Waals surface area (Å²) < 4.78 is 163. The number of anilines is 3. The largest absolute Gasteiger partial charge is 0.460 e. The molecular weight excluding hydrogens is 1010 g/mol. The maximum absolute atomic E-state index is 15.7. The normalized spacial score (nSPS) is 14.6. The number of alkyl halides is 9. The summed E-state index contributed by atoms with van der Waals surface area (Å²) in [6.45, 7) is 4.29. The molecule has 0 heterocycles. The molecule has 0 aromatic heterocycles. The summed E-state index contributed by atoms with van der Waals surface area (Å²) in [6, 6.07) is 65.4. The van der Waals surface area contributed by atoms with E-state index in [4.69, 9.17) is 4.18 Å². The minimum atomic E-state index is -7.54. The van der Waals surface area contributed by atoms with E-state index < -0.39 is 44.6 Å². The molecule has 76 heavy (non-hydrogen) atoms. The van der Waals surface area contributed by atoms with Crippen LogP contribution in [0.2, 0.25) is 0 Å². The van der Waals surface area contributed by atoms with Crippen LogP contribution in [-0.4, -0.2) is 31.7 Å². The first kappa shape index (κ1) is 50.1. The highest BCUT2D eigenvalue weighted by Gasteiger charge is 2.86. The number of rotatable bonds is 12. The first-order chi connectivity index (χ1) is 36.1. The third-order valence-electron chi connectivity index (χ3n) is 14.7. The summed E-state index contributed by atoms with van der Waals surface area (Å²) in [5, 5.41) is -7.14. The van der Waals surface area contributed by atoms with Gasteiger partial charge in [0, 0.05) is 28.0 Å². The van der Waals surface area contributed by atoms with E-state index in [-0.39, 0.29) is 22.1 Å². The molecule has 382 valence electrons. The van der Waals surface area contributed by atoms with Gasteiger partial charge in [0.15, 0.2) is 5.75 Å². The molecule has 0 spiro atoms. The molecule has 2 aliphatic rings. The van der Waals surface area contributed by atoms with Crippen LogP contribution >= 0.6 is 0 Å². The summed E-state index contributed by atoms with van der Waals surface area (Å²) >= 11 is 0. The van der Waals surface area contributed by atoms with E-state index in [1.807, 2.05) is 83.8 Å². The lowest BCUT2D eigenvalue weighted by Gasteiger charge is -2.34. The van der Waals surface area contributed by atoms with Gasteiger partial charge >= 0.3 is 33.4 Å². The lowest BCUT2D eigenvalue weighted by molar-refractivity contribution is -0.382. The Morgan fingerprint density at radius 3 is 1.39 bits per heavy atom. The Bertz CT molecular complexity index is 3750. The van der Waals surface area contributed by atoms with Crippen molar-refractivity contribution in [2.24, 2.45) is 0 Å². The van der Waals surface area contributed by atoms with Crippen LogP contribution in [-0.2, 0) is 20.9 Å². The smallest absolute Gasteiger partial charge is 0.377 e. The lowest BCUT2D eigenvalue weighted by atomic mass is 9.67. The van der Waals surface area contributed by atoms with Gasteiger partial charge in [-0.25, -0.2) is 0 Å². The van der Waals surface area contributed by atoms with Crippen molar-refractivity contribution in [2.45, 2.75) is 48.0 Å². The molecule has 4 nitrogen and oxygen atoms in total. The number of nitrogens with zero attached hydrogens (tertiary/aromatic N) is 1. The number of benzene rings is 9. The van der Waals surface area contributed by atoms with Gasteiger partial charge in [-0.3, -0.25) is 0 Å². The molecule has 9 aromatic rings. The Labute approximate surface area is 432 Å². The summed E-state index contributed by atoms with van der Waals surface area (Å²) in [6.07, 6.45) is -7.29. The molecule has 0 radical (unpaired) electrons. The van der Waals surface area contributed by atoms with Crippen LogP contribution in [0.25, 0.3) is 44.5 Å². The fourth-order valence-corrected chi connectivity index (χ4v) is 11.9. The fraction of sp³-hybridized carbons (Fsp3) is 0.129. The highest BCUT2D eigenvalue weighted by molar-refractivity contribution is 7.88. The molecule has 0 fully saturated rings. The van der Waals surface area contributed by atoms with E-state index in [9.17, 15) is 30.4 Å². The number of fused-ring (bicyclic) bond motifs is 6. The SMILES string of the molecule is CC1(C)c2ccccc2-c2ccc(N(c3ccc(-c4ccccc4)cc3)c3ccc(-c4cc5c(cc4OS(=O)(=O)C(F)(F)C(F)(F)C(F)(F)C(F)(F)F)C(c4ccccc4)(c4ccccc4)c4ccccc4-5)cc3)cc21. The maximum Gasteiger partial charge on any atom is 0.460 e. The zero-order valence-electron chi connectivity index (χ0n) is 40.3. The van der Waals surface area contributed by atoms with E-state index in [0.717, 1.165) is 50.8 Å². The predicted octanol–water partition coefficient (Wildman–Crippen LogP) is 17.3. The van der Waals surface area contributed by atoms with Crippen molar-refractivity contribution < 1.29 is 52.1 Å². The minimum absolute atomic E-state index is 0.0757. The molecule has 14 heteroatoms. The Morgan fingerprint density at radius 1 is 0.395 bits per heavy atom. The molecule has 9 aromatic carbocycles. The van der Waals surface area contributed by atoms with Crippen LogP contribution in [0.1, 0.15) is 47.2 Å². The second-order valence-corrected chi connectivity index (χ2v) is 20.9. The van der Waals surface area contributed by atoms with Gasteiger partial charge in [-0.1, -0.05) is 184 Å². The molecular formula is C62H42F9NO3S. The van der Waals surface area contributed by atoms with Gasteiger partial charge in [0.05, 0.1) is 5.41 Å². The van der Waals surface area contributed by atoms with E-state index >= 15 is 17.6 Å². The molecule has 11 rings (SSSR count). The Kier molecular flexibility index (Phi) is 11.7. The highest BCUT2D eigenvalue weighted by Crippen LogP contribution is 2.60. The van der Waals surface area contributed by atoms with Crippen molar-refractivity contribution in [1.29, 1.82) is 0 Å². The van der Waals surface area contributed by atoms with Crippen molar-refractivity contribution in [3.8, 4) is 50.3 Å². The number of halogens is 9. The first-order valence-corrected chi connectivity index (χ1v) is 25.4. The average Bonchev–Trinajstić information content (AvgIpc) is 3.87. The maximum atomic E-state index is 15.7. The van der Waals surface area contributed by atoms with Crippen molar-refractivity contribution in [2.75, 3.05) is 4.90 Å². The van der Waals surface area contributed by atoms with Crippen molar-refractivity contribution in [3.63, 3.8) is 0 Å². The Morgan fingerprint density at radius 2 is 0.842 bits per heavy atom. The molecule has 2 aliphatic carbocycles. The van der Waals surface area contributed by atoms with E-state index in [2.05, 4.69) is 38.1 Å². The lowest BCUT2D eigenvalue weighted by Crippen LogP contribution is -2.63. The van der Waals surface area contributed by atoms with Gasteiger partial charge in [0.1, 0.15) is 0 Å². The Balaban J connectivity index is 1.10. The average molecular weight is 1050 g/mol. The van der Waals surface area contributed by atoms with Gasteiger partial charge in [-0.15, -0.1) is 0 Å². The topological polar surface area (TPSA) is 46.6 Å². The van der Waals surface area contributed by atoms with Crippen LogP contribution in [0.3, 0.4) is 0 Å². The monoisotopic (exact) mass is 1050 g/mol. The summed E-state index contributed by atoms with van der Waals surface area (Å²) in [5.41, 5.74) is 9.42. The van der Waals surface area contributed by atoms with Gasteiger partial charge in [0.2, 0.25) is 0 Å². The fourth-order valence-electron chi connectivity index (χ4n) is 11.0. The second-order valence-electron chi connectivity index (χ2n) is 19.3. The van der Waals surface area contributed by atoms with Gasteiger partial charge in [0.25, 0.3) is 0 Å². The third-order valence-corrected chi connectivity index (χ3v) is 16.0. The Hall–Kier alpha value is -8.10. The molecule has 0 atom stereocenters. The van der Waals surface area contributed by atoms with Crippen LogP contribution in [0.5, 0.6) is 5.75 Å². The van der Waals surface area contributed by atoms with E-state index in [1.54, 1.807) is 91.0 Å². The molecule has 0 unspecified atom stereocenters. The first-order valence-electron chi connectivity index (χ1n) is 24.0. The highest BCUT2D eigenvalue weighted by atomic mass is 32.2. The minimum Gasteiger partial charge on any atom is -0.377 e. The number of hydrogen-bond acceptors (Lipinski definition) is 4. The number of hydrogen-bond donors (Lipinski definition) is 0. The van der Waals surface area contributed by atoms with E-state index in [0.29, 0.717) is 33.5 Å². The summed E-state index contributed by atoms with van der Waals surface area (Å²) in [4.78, 5) is 1.98. The zero-order valence-corrected chi connectivity index (χ0v) is 41.1. The van der Waals surface area contributed by atoms with E-state index in [1.165, 1.54) is 18.2 Å². The van der Waals surface area contributed by atoms with Gasteiger partial charge < -0.3 is 9.08 Å². The summed E-state index contributed by atoms with van der Waals surface area (Å²) in [5.74, 6) is -16.1. The molecule has 0 N–H and O–H groups in total. The van der Waals surface area contributed by atoms with Crippen LogP contribution < -0.4 is 9.08 Å². The quantitative estimate of drug-likeness (QED) is 0.0904. The van der Waals surface area contributed by atoms with Crippen molar-refractivity contribution in [1.82, 2.24) is 0 Å². The van der Waals surface area contributed by atoms with Crippen LogP contribution in [0, 0.1) is 0 Å². The van der Waals surface area contributed by atoms with Crippen LogP contribution in [0.15, 0.2) is 218 Å². The zero-order chi connectivity index (χ0) is 53.6. The van der Waals surface area contributed by atoms with Gasteiger partial charge in [-0.2, -0.15) is 47.9 Å². The third kappa shape index (κ3) is 7.54.